The molecule has 0 saturated carbocycles. The summed E-state index contributed by atoms with van der Waals surface area (Å²) in [6.45, 7) is 9.19. The van der Waals surface area contributed by atoms with Gasteiger partial charge in [-0.1, -0.05) is 0 Å². The lowest BCUT2D eigenvalue weighted by molar-refractivity contribution is 0.444. The van der Waals surface area contributed by atoms with E-state index in [1.807, 2.05) is 25.3 Å². The zero-order valence-corrected chi connectivity index (χ0v) is 13.1. The lowest BCUT2D eigenvalue weighted by Crippen LogP contribution is -2.32. The van der Waals surface area contributed by atoms with Crippen LogP contribution in [0.4, 0.5) is 5.69 Å². The van der Waals surface area contributed by atoms with Crippen LogP contribution in [0.25, 0.3) is 0 Å². The van der Waals surface area contributed by atoms with E-state index in [0.717, 1.165) is 37.4 Å². The first-order chi connectivity index (χ1) is 10.1. The van der Waals surface area contributed by atoms with Gasteiger partial charge in [0.25, 0.3) is 0 Å². The molecule has 0 aliphatic rings. The minimum Gasteiger partial charge on any atom is -0.384 e. The van der Waals surface area contributed by atoms with Gasteiger partial charge < -0.3 is 10.6 Å². The van der Waals surface area contributed by atoms with E-state index in [4.69, 9.17) is 0 Å². The molecule has 0 aliphatic heterocycles. The number of nitrogens with zero attached hydrogens (tertiary/aromatic N) is 3. The van der Waals surface area contributed by atoms with Gasteiger partial charge in [-0.2, -0.15) is 5.10 Å². The van der Waals surface area contributed by atoms with Gasteiger partial charge in [0.15, 0.2) is 0 Å². The molecular formula is C16H25N5. The van der Waals surface area contributed by atoms with Crippen LogP contribution < -0.4 is 10.6 Å². The van der Waals surface area contributed by atoms with Crippen LogP contribution >= 0.6 is 0 Å². The summed E-state index contributed by atoms with van der Waals surface area (Å²) in [6.07, 6.45) is 4.71. The van der Waals surface area contributed by atoms with E-state index in [9.17, 15) is 0 Å². The topological polar surface area (TPSA) is 54.8 Å². The Kier molecular flexibility index (Phi) is 5.75. The monoisotopic (exact) mass is 287 g/mol. The van der Waals surface area contributed by atoms with E-state index in [1.54, 1.807) is 6.20 Å². The van der Waals surface area contributed by atoms with Crippen molar-refractivity contribution in [3.8, 4) is 0 Å². The second-order valence-corrected chi connectivity index (χ2v) is 5.49. The second kappa shape index (κ2) is 7.78. The number of rotatable bonds is 8. The van der Waals surface area contributed by atoms with Crippen LogP contribution in [0.5, 0.6) is 0 Å². The van der Waals surface area contributed by atoms with E-state index in [-0.39, 0.29) is 0 Å². The molecule has 2 aromatic rings. The van der Waals surface area contributed by atoms with Gasteiger partial charge in [-0.25, -0.2) is 0 Å². The number of pyridine rings is 1. The van der Waals surface area contributed by atoms with E-state index in [0.29, 0.717) is 6.04 Å². The fourth-order valence-electron chi connectivity index (χ4n) is 2.32. The van der Waals surface area contributed by atoms with Gasteiger partial charge in [-0.05, 0) is 51.9 Å². The Morgan fingerprint density at radius 2 is 2.14 bits per heavy atom. The summed E-state index contributed by atoms with van der Waals surface area (Å²) in [6, 6.07) is 6.51. The highest BCUT2D eigenvalue weighted by Gasteiger charge is 2.06. The second-order valence-electron chi connectivity index (χ2n) is 5.49. The molecule has 0 amide bonds. The number of nitrogens with one attached hydrogen (secondary N) is 2. The molecule has 2 rings (SSSR count). The van der Waals surface area contributed by atoms with Gasteiger partial charge in [0, 0.05) is 30.7 Å². The van der Waals surface area contributed by atoms with Gasteiger partial charge in [-0.15, -0.1) is 0 Å². The average molecular weight is 287 g/mol. The molecule has 0 spiro atoms. The van der Waals surface area contributed by atoms with Gasteiger partial charge in [-0.3, -0.25) is 9.67 Å². The van der Waals surface area contributed by atoms with Crippen molar-refractivity contribution < 1.29 is 0 Å². The molecule has 0 saturated heterocycles. The molecule has 1 unspecified atom stereocenters. The first-order valence-corrected chi connectivity index (χ1v) is 7.53. The SMILES string of the molecule is Cc1cc(C)n(CC(C)NCCCNc2cccnc2)n1. The molecule has 0 radical (unpaired) electrons. The zero-order valence-electron chi connectivity index (χ0n) is 13.1. The smallest absolute Gasteiger partial charge is 0.0596 e. The Labute approximate surface area is 126 Å². The molecule has 5 nitrogen and oxygen atoms in total. The summed E-state index contributed by atoms with van der Waals surface area (Å²) in [4.78, 5) is 4.08. The van der Waals surface area contributed by atoms with Gasteiger partial charge in [0.05, 0.1) is 17.9 Å². The summed E-state index contributed by atoms with van der Waals surface area (Å²) in [5.74, 6) is 0. The summed E-state index contributed by atoms with van der Waals surface area (Å²) >= 11 is 0. The number of aromatic nitrogens is 3. The quantitative estimate of drug-likeness (QED) is 0.732. The van der Waals surface area contributed by atoms with Crippen molar-refractivity contribution in [1.82, 2.24) is 20.1 Å². The summed E-state index contributed by atoms with van der Waals surface area (Å²) in [5.41, 5.74) is 3.38. The molecular weight excluding hydrogens is 262 g/mol. The lowest BCUT2D eigenvalue weighted by Gasteiger charge is -2.15. The maximum absolute atomic E-state index is 4.49. The molecule has 2 aromatic heterocycles. The largest absolute Gasteiger partial charge is 0.384 e. The Bertz CT molecular complexity index is 535. The lowest BCUT2D eigenvalue weighted by atomic mass is 10.3. The van der Waals surface area contributed by atoms with Crippen LogP contribution in [0.2, 0.25) is 0 Å². The Morgan fingerprint density at radius 3 is 2.81 bits per heavy atom. The maximum atomic E-state index is 4.49. The molecule has 5 heteroatoms. The number of hydrogen-bond acceptors (Lipinski definition) is 4. The maximum Gasteiger partial charge on any atom is 0.0596 e. The van der Waals surface area contributed by atoms with Crippen molar-refractivity contribution in [1.29, 1.82) is 0 Å². The van der Waals surface area contributed by atoms with Crippen LogP contribution in [-0.4, -0.2) is 33.9 Å². The Balaban J connectivity index is 1.61. The van der Waals surface area contributed by atoms with Crippen molar-refractivity contribution in [2.24, 2.45) is 0 Å². The summed E-state index contributed by atoms with van der Waals surface area (Å²) < 4.78 is 2.07. The highest BCUT2D eigenvalue weighted by Crippen LogP contribution is 2.03. The minimum absolute atomic E-state index is 0.418. The normalized spacial score (nSPS) is 12.3. The van der Waals surface area contributed by atoms with Crippen molar-refractivity contribution in [2.75, 3.05) is 18.4 Å². The van der Waals surface area contributed by atoms with E-state index in [1.165, 1.54) is 5.69 Å². The Morgan fingerprint density at radius 1 is 1.29 bits per heavy atom. The average Bonchev–Trinajstić information content (AvgIpc) is 2.77. The first-order valence-electron chi connectivity index (χ1n) is 7.53. The van der Waals surface area contributed by atoms with Crippen molar-refractivity contribution >= 4 is 5.69 Å². The van der Waals surface area contributed by atoms with E-state index < -0.39 is 0 Å². The standard InChI is InChI=1S/C16H25N5/c1-13-10-15(3)21(20-13)12-14(2)18-8-5-9-19-16-6-4-7-17-11-16/h4,6-7,10-11,14,18-19H,5,8-9,12H2,1-3H3. The fraction of sp³-hybridized carbons (Fsp3) is 0.500. The molecule has 21 heavy (non-hydrogen) atoms. The molecule has 114 valence electrons. The molecule has 1 atom stereocenters. The minimum atomic E-state index is 0.418. The van der Waals surface area contributed by atoms with Crippen LogP contribution in [0.3, 0.4) is 0 Å². The summed E-state index contributed by atoms with van der Waals surface area (Å²) in [7, 11) is 0. The van der Waals surface area contributed by atoms with E-state index >= 15 is 0 Å². The predicted molar refractivity (Wildman–Crippen MR) is 86.5 cm³/mol. The van der Waals surface area contributed by atoms with Crippen LogP contribution in [0, 0.1) is 13.8 Å². The molecule has 0 aliphatic carbocycles. The molecule has 2 N–H and O–H groups in total. The first kappa shape index (κ1) is 15.5. The fourth-order valence-corrected chi connectivity index (χ4v) is 2.32. The molecule has 0 aromatic carbocycles. The van der Waals surface area contributed by atoms with Crippen LogP contribution in [0.1, 0.15) is 24.7 Å². The van der Waals surface area contributed by atoms with Crippen LogP contribution in [0.15, 0.2) is 30.6 Å². The number of hydrogen-bond donors (Lipinski definition) is 2. The zero-order chi connectivity index (χ0) is 15.1. The van der Waals surface area contributed by atoms with Crippen LogP contribution in [-0.2, 0) is 6.54 Å². The number of anilines is 1. The Hall–Kier alpha value is -1.88. The predicted octanol–water partition coefficient (Wildman–Crippen LogP) is 2.38. The third kappa shape index (κ3) is 5.19. The van der Waals surface area contributed by atoms with E-state index in [2.05, 4.69) is 45.3 Å². The summed E-state index contributed by atoms with van der Waals surface area (Å²) in [5, 5.41) is 11.4. The van der Waals surface area contributed by atoms with Gasteiger partial charge in [0.1, 0.15) is 0 Å². The number of aryl methyl sites for hydroxylation is 2. The van der Waals surface area contributed by atoms with Crippen molar-refractivity contribution in [2.45, 2.75) is 39.8 Å². The molecule has 0 bridgehead atoms. The molecule has 2 heterocycles. The van der Waals surface area contributed by atoms with Gasteiger partial charge >= 0.3 is 0 Å². The van der Waals surface area contributed by atoms with Gasteiger partial charge in [0.2, 0.25) is 0 Å². The highest BCUT2D eigenvalue weighted by atomic mass is 15.3. The van der Waals surface area contributed by atoms with Crippen molar-refractivity contribution in [3.63, 3.8) is 0 Å². The van der Waals surface area contributed by atoms with Crippen molar-refractivity contribution in [3.05, 3.63) is 42.0 Å². The third-order valence-electron chi connectivity index (χ3n) is 3.39. The third-order valence-corrected chi connectivity index (χ3v) is 3.39. The molecule has 0 fully saturated rings. The highest BCUT2D eigenvalue weighted by molar-refractivity contribution is 5.39.